The number of fused-ring (bicyclic) bond motifs is 1. The predicted molar refractivity (Wildman–Crippen MR) is 76.0 cm³/mol. The first kappa shape index (κ1) is 13.4. The molecule has 3 saturated heterocycles. The van der Waals surface area contributed by atoms with Gasteiger partial charge in [0.25, 0.3) is 0 Å². The highest BCUT2D eigenvalue weighted by Gasteiger charge is 2.36. The van der Waals surface area contributed by atoms with Crippen LogP contribution in [0.1, 0.15) is 51.4 Å². The Morgan fingerprint density at radius 3 is 2.95 bits per heavy atom. The third-order valence-electron chi connectivity index (χ3n) is 5.08. The summed E-state index contributed by atoms with van der Waals surface area (Å²) in [6, 6.07) is 1.63. The monoisotopic (exact) mass is 265 g/mol. The molecule has 3 rings (SSSR count). The van der Waals surface area contributed by atoms with Crippen LogP contribution in [0.5, 0.6) is 0 Å². The Bertz CT molecular complexity index is 315. The largest absolute Gasteiger partial charge is 0.352 e. The minimum absolute atomic E-state index is 0.270. The molecular formula is C15H27N3O. The smallest absolute Gasteiger partial charge is 0.220 e. The van der Waals surface area contributed by atoms with E-state index in [0.29, 0.717) is 24.5 Å². The standard InChI is InChI=1S/C15H27N3O/c19-15(7-6-12-4-3-9-16-12)17-13-8-11-18-10-2-1-5-14(13)18/h12-14,16H,1-11H2,(H,17,19). The summed E-state index contributed by atoms with van der Waals surface area (Å²) in [5.74, 6) is 0.270. The van der Waals surface area contributed by atoms with Crippen molar-refractivity contribution < 1.29 is 4.79 Å². The number of nitrogens with zero attached hydrogens (tertiary/aromatic N) is 1. The highest BCUT2D eigenvalue weighted by molar-refractivity contribution is 5.76. The summed E-state index contributed by atoms with van der Waals surface area (Å²) in [5.41, 5.74) is 0. The Morgan fingerprint density at radius 2 is 2.11 bits per heavy atom. The van der Waals surface area contributed by atoms with Crippen molar-refractivity contribution in [3.05, 3.63) is 0 Å². The molecule has 0 bridgehead atoms. The minimum atomic E-state index is 0.270. The van der Waals surface area contributed by atoms with Crippen molar-refractivity contribution in [3.63, 3.8) is 0 Å². The van der Waals surface area contributed by atoms with Gasteiger partial charge in [-0.15, -0.1) is 0 Å². The zero-order valence-corrected chi connectivity index (χ0v) is 11.9. The zero-order valence-electron chi connectivity index (χ0n) is 11.9. The van der Waals surface area contributed by atoms with Crippen molar-refractivity contribution in [2.45, 2.75) is 69.5 Å². The van der Waals surface area contributed by atoms with Gasteiger partial charge in [0, 0.05) is 31.1 Å². The number of nitrogens with one attached hydrogen (secondary N) is 2. The number of amides is 1. The summed E-state index contributed by atoms with van der Waals surface area (Å²) in [7, 11) is 0. The van der Waals surface area contributed by atoms with Crippen LogP contribution in [0.2, 0.25) is 0 Å². The van der Waals surface area contributed by atoms with E-state index in [1.165, 1.54) is 45.2 Å². The van der Waals surface area contributed by atoms with Crippen molar-refractivity contribution in [2.75, 3.05) is 19.6 Å². The lowest BCUT2D eigenvalue weighted by atomic mass is 9.99. The van der Waals surface area contributed by atoms with Crippen LogP contribution < -0.4 is 10.6 Å². The van der Waals surface area contributed by atoms with Gasteiger partial charge in [-0.1, -0.05) is 6.42 Å². The Morgan fingerprint density at radius 1 is 1.16 bits per heavy atom. The van der Waals surface area contributed by atoms with Crippen LogP contribution in [-0.2, 0) is 4.79 Å². The molecule has 2 N–H and O–H groups in total. The van der Waals surface area contributed by atoms with Gasteiger partial charge in [-0.05, 0) is 51.6 Å². The lowest BCUT2D eigenvalue weighted by Gasteiger charge is -2.32. The fourth-order valence-corrected chi connectivity index (χ4v) is 4.00. The number of carbonyl (C=O) groups excluding carboxylic acids is 1. The molecule has 19 heavy (non-hydrogen) atoms. The number of hydrogen-bond acceptors (Lipinski definition) is 3. The van der Waals surface area contributed by atoms with Crippen molar-refractivity contribution in [1.82, 2.24) is 15.5 Å². The molecule has 4 heteroatoms. The van der Waals surface area contributed by atoms with E-state index in [1.807, 2.05) is 0 Å². The molecule has 0 aromatic heterocycles. The maximum atomic E-state index is 12.1. The molecule has 108 valence electrons. The van der Waals surface area contributed by atoms with Gasteiger partial charge in [-0.25, -0.2) is 0 Å². The topological polar surface area (TPSA) is 44.4 Å². The maximum absolute atomic E-state index is 12.1. The van der Waals surface area contributed by atoms with Gasteiger partial charge in [0.1, 0.15) is 0 Å². The summed E-state index contributed by atoms with van der Waals surface area (Å²) in [6.45, 7) is 3.55. The molecule has 3 heterocycles. The Kier molecular flexibility index (Phi) is 4.38. The van der Waals surface area contributed by atoms with Crippen LogP contribution in [-0.4, -0.2) is 48.6 Å². The molecule has 3 unspecified atom stereocenters. The Balaban J connectivity index is 1.41. The van der Waals surface area contributed by atoms with E-state index in [4.69, 9.17) is 0 Å². The van der Waals surface area contributed by atoms with E-state index >= 15 is 0 Å². The zero-order chi connectivity index (χ0) is 13.1. The van der Waals surface area contributed by atoms with E-state index in [9.17, 15) is 4.79 Å². The van der Waals surface area contributed by atoms with E-state index in [1.54, 1.807) is 0 Å². The van der Waals surface area contributed by atoms with Crippen molar-refractivity contribution in [2.24, 2.45) is 0 Å². The van der Waals surface area contributed by atoms with Gasteiger partial charge in [0.15, 0.2) is 0 Å². The first-order chi connectivity index (χ1) is 9.33. The molecule has 3 aliphatic rings. The summed E-state index contributed by atoms with van der Waals surface area (Å²) < 4.78 is 0. The summed E-state index contributed by atoms with van der Waals surface area (Å²) in [6.07, 6.45) is 9.31. The average Bonchev–Trinajstić information content (AvgIpc) is 3.07. The average molecular weight is 265 g/mol. The number of piperidine rings is 1. The summed E-state index contributed by atoms with van der Waals surface area (Å²) >= 11 is 0. The first-order valence-electron chi connectivity index (χ1n) is 8.10. The van der Waals surface area contributed by atoms with Crippen LogP contribution in [0.3, 0.4) is 0 Å². The molecular weight excluding hydrogens is 238 g/mol. The summed E-state index contributed by atoms with van der Waals surface area (Å²) in [4.78, 5) is 14.6. The van der Waals surface area contributed by atoms with Crippen LogP contribution in [0.15, 0.2) is 0 Å². The van der Waals surface area contributed by atoms with Gasteiger partial charge < -0.3 is 10.6 Å². The summed E-state index contributed by atoms with van der Waals surface area (Å²) in [5, 5.41) is 6.76. The lowest BCUT2D eigenvalue weighted by molar-refractivity contribution is -0.122. The molecule has 0 aromatic carbocycles. The molecule has 4 nitrogen and oxygen atoms in total. The van der Waals surface area contributed by atoms with Crippen molar-refractivity contribution in [1.29, 1.82) is 0 Å². The molecule has 0 aromatic rings. The quantitative estimate of drug-likeness (QED) is 0.804. The molecule has 0 radical (unpaired) electrons. The number of carbonyl (C=O) groups is 1. The molecule has 3 aliphatic heterocycles. The second-order valence-corrected chi connectivity index (χ2v) is 6.39. The highest BCUT2D eigenvalue weighted by Crippen LogP contribution is 2.27. The van der Waals surface area contributed by atoms with Crippen LogP contribution in [0.25, 0.3) is 0 Å². The first-order valence-corrected chi connectivity index (χ1v) is 8.10. The molecule has 0 saturated carbocycles. The minimum Gasteiger partial charge on any atom is -0.352 e. The van der Waals surface area contributed by atoms with E-state index in [0.717, 1.165) is 19.4 Å². The molecule has 1 amide bonds. The normalized spacial score (nSPS) is 35.3. The second-order valence-electron chi connectivity index (χ2n) is 6.39. The third-order valence-corrected chi connectivity index (χ3v) is 5.08. The SMILES string of the molecule is O=C(CCC1CCCN1)NC1CCN2CCCCC12. The molecule has 0 spiro atoms. The fraction of sp³-hybridized carbons (Fsp3) is 0.933. The van der Waals surface area contributed by atoms with Crippen LogP contribution >= 0.6 is 0 Å². The van der Waals surface area contributed by atoms with Crippen molar-refractivity contribution >= 4 is 5.91 Å². The molecule has 0 aliphatic carbocycles. The maximum Gasteiger partial charge on any atom is 0.220 e. The van der Waals surface area contributed by atoms with Gasteiger partial charge in [0.05, 0.1) is 0 Å². The van der Waals surface area contributed by atoms with E-state index in [-0.39, 0.29) is 5.91 Å². The number of rotatable bonds is 4. The lowest BCUT2D eigenvalue weighted by Crippen LogP contribution is -2.46. The number of hydrogen-bond donors (Lipinski definition) is 2. The van der Waals surface area contributed by atoms with Crippen LogP contribution in [0, 0.1) is 0 Å². The third kappa shape index (κ3) is 3.29. The van der Waals surface area contributed by atoms with Gasteiger partial charge in [-0.3, -0.25) is 9.69 Å². The second kappa shape index (κ2) is 6.23. The molecule has 3 atom stereocenters. The Labute approximate surface area is 116 Å². The van der Waals surface area contributed by atoms with Gasteiger partial charge in [-0.2, -0.15) is 0 Å². The van der Waals surface area contributed by atoms with Gasteiger partial charge in [0.2, 0.25) is 5.91 Å². The van der Waals surface area contributed by atoms with E-state index < -0.39 is 0 Å². The highest BCUT2D eigenvalue weighted by atomic mass is 16.1. The van der Waals surface area contributed by atoms with E-state index in [2.05, 4.69) is 15.5 Å². The molecule has 3 fully saturated rings. The van der Waals surface area contributed by atoms with Crippen molar-refractivity contribution in [3.8, 4) is 0 Å². The van der Waals surface area contributed by atoms with Gasteiger partial charge >= 0.3 is 0 Å². The Hall–Kier alpha value is -0.610. The fourth-order valence-electron chi connectivity index (χ4n) is 4.00. The van der Waals surface area contributed by atoms with Crippen LogP contribution in [0.4, 0.5) is 0 Å². The predicted octanol–water partition coefficient (Wildman–Crippen LogP) is 1.26.